The molecule has 0 bridgehead atoms. The van der Waals surface area contributed by atoms with Gasteiger partial charge in [0.1, 0.15) is 5.69 Å². The van der Waals surface area contributed by atoms with E-state index in [0.29, 0.717) is 40.3 Å². The number of carbonyl (C=O) groups is 3. The van der Waals surface area contributed by atoms with E-state index in [0.717, 1.165) is 0 Å². The predicted molar refractivity (Wildman–Crippen MR) is 114 cm³/mol. The molecule has 3 rings (SSSR count). The molecule has 0 saturated carbocycles. The Bertz CT molecular complexity index is 1130. The average Bonchev–Trinajstić information content (AvgIpc) is 3.38. The van der Waals surface area contributed by atoms with E-state index in [-0.39, 0.29) is 18.2 Å². The second kappa shape index (κ2) is 9.29. The lowest BCUT2D eigenvalue weighted by atomic mass is 10.1. The van der Waals surface area contributed by atoms with Crippen LogP contribution in [0.2, 0.25) is 0 Å². The number of benzene rings is 1. The summed E-state index contributed by atoms with van der Waals surface area (Å²) in [5.41, 5.74) is 3.23. The van der Waals surface area contributed by atoms with Gasteiger partial charge >= 0.3 is 11.9 Å². The Morgan fingerprint density at radius 3 is 2.61 bits per heavy atom. The number of esters is 2. The third-order valence-electron chi connectivity index (χ3n) is 4.74. The molecule has 0 aliphatic carbocycles. The van der Waals surface area contributed by atoms with Gasteiger partial charge in [-0.2, -0.15) is 5.10 Å². The summed E-state index contributed by atoms with van der Waals surface area (Å²) in [5, 5.41) is 7.04. The number of H-pyrrole nitrogens is 1. The van der Waals surface area contributed by atoms with Crippen LogP contribution in [0.3, 0.4) is 0 Å². The number of methoxy groups -OCH3 is 1. The first kappa shape index (κ1) is 21.8. The first-order valence-electron chi connectivity index (χ1n) is 9.83. The van der Waals surface area contributed by atoms with Gasteiger partial charge in [-0.25, -0.2) is 14.3 Å². The molecule has 1 aromatic carbocycles. The lowest BCUT2D eigenvalue weighted by Gasteiger charge is -2.08. The van der Waals surface area contributed by atoms with Crippen molar-refractivity contribution in [2.24, 2.45) is 0 Å². The number of aryl methyl sites for hydroxylation is 1. The number of aromatic nitrogens is 3. The Balaban J connectivity index is 1.83. The van der Waals surface area contributed by atoms with Crippen molar-refractivity contribution in [3.8, 4) is 5.69 Å². The summed E-state index contributed by atoms with van der Waals surface area (Å²) in [6.45, 7) is 5.58. The van der Waals surface area contributed by atoms with Crippen LogP contribution in [0.25, 0.3) is 5.69 Å². The lowest BCUT2D eigenvalue weighted by Crippen LogP contribution is -2.14. The van der Waals surface area contributed by atoms with Gasteiger partial charge in [0, 0.05) is 17.6 Å². The number of nitrogens with zero attached hydrogens (tertiary/aromatic N) is 2. The van der Waals surface area contributed by atoms with Crippen LogP contribution in [-0.4, -0.2) is 46.3 Å². The first-order chi connectivity index (χ1) is 14.9. The first-order valence-corrected chi connectivity index (χ1v) is 9.83. The van der Waals surface area contributed by atoms with Gasteiger partial charge < -0.3 is 19.8 Å². The topological polar surface area (TPSA) is 115 Å². The van der Waals surface area contributed by atoms with Gasteiger partial charge in [0.15, 0.2) is 5.69 Å². The van der Waals surface area contributed by atoms with Gasteiger partial charge in [0.05, 0.1) is 25.0 Å². The van der Waals surface area contributed by atoms with Crippen LogP contribution in [0.5, 0.6) is 0 Å². The lowest BCUT2D eigenvalue weighted by molar-refractivity contribution is 0.0517. The highest BCUT2D eigenvalue weighted by Gasteiger charge is 2.23. The number of hydrogen-bond donors (Lipinski definition) is 2. The molecule has 9 nitrogen and oxygen atoms in total. The molecular formula is C22H24N4O5. The van der Waals surface area contributed by atoms with E-state index in [2.05, 4.69) is 15.4 Å². The molecule has 2 heterocycles. The van der Waals surface area contributed by atoms with E-state index in [1.165, 1.54) is 11.8 Å². The zero-order valence-electron chi connectivity index (χ0n) is 17.8. The highest BCUT2D eigenvalue weighted by Crippen LogP contribution is 2.22. The number of rotatable bonds is 7. The van der Waals surface area contributed by atoms with Crippen molar-refractivity contribution >= 4 is 23.5 Å². The molecule has 31 heavy (non-hydrogen) atoms. The van der Waals surface area contributed by atoms with Gasteiger partial charge in [-0.05, 0) is 50.1 Å². The second-order valence-electron chi connectivity index (χ2n) is 6.69. The maximum absolute atomic E-state index is 12.9. The van der Waals surface area contributed by atoms with E-state index < -0.39 is 11.9 Å². The van der Waals surface area contributed by atoms with Crippen molar-refractivity contribution in [3.05, 3.63) is 64.7 Å². The van der Waals surface area contributed by atoms with E-state index in [1.54, 1.807) is 50.4 Å². The van der Waals surface area contributed by atoms with Gasteiger partial charge in [0.25, 0.3) is 5.91 Å². The van der Waals surface area contributed by atoms with Crippen LogP contribution in [0.1, 0.15) is 56.4 Å². The minimum absolute atomic E-state index is 0.195. The Labute approximate surface area is 179 Å². The molecule has 9 heteroatoms. The zero-order chi connectivity index (χ0) is 22.5. The van der Waals surface area contributed by atoms with Crippen molar-refractivity contribution in [1.29, 1.82) is 0 Å². The molecule has 0 unspecified atom stereocenters. The van der Waals surface area contributed by atoms with Crippen LogP contribution >= 0.6 is 0 Å². The monoisotopic (exact) mass is 424 g/mol. The van der Waals surface area contributed by atoms with E-state index >= 15 is 0 Å². The molecule has 1 amide bonds. The fourth-order valence-corrected chi connectivity index (χ4v) is 3.23. The maximum Gasteiger partial charge on any atom is 0.358 e. The number of aromatic amines is 1. The maximum atomic E-state index is 12.9. The molecule has 0 spiro atoms. The Morgan fingerprint density at radius 1 is 1.16 bits per heavy atom. The highest BCUT2D eigenvalue weighted by molar-refractivity contribution is 6.07. The van der Waals surface area contributed by atoms with Crippen molar-refractivity contribution < 1.29 is 23.9 Å². The normalized spacial score (nSPS) is 10.6. The van der Waals surface area contributed by atoms with Crippen molar-refractivity contribution in [2.75, 3.05) is 19.0 Å². The largest absolute Gasteiger partial charge is 0.465 e. The fraction of sp³-hybridized carbons (Fsp3) is 0.273. The number of amides is 1. The summed E-state index contributed by atoms with van der Waals surface area (Å²) in [7, 11) is 1.31. The van der Waals surface area contributed by atoms with Gasteiger partial charge in [0.2, 0.25) is 0 Å². The molecule has 0 fully saturated rings. The third-order valence-corrected chi connectivity index (χ3v) is 4.74. The molecule has 0 atom stereocenters. The summed E-state index contributed by atoms with van der Waals surface area (Å²) in [5.74, 6) is -1.36. The standard InChI is InChI=1S/C22H24N4O5/c1-5-16-18(22(29)30-4)13(3)19(24-16)20(27)23-14-8-7-9-15(12-14)26-11-10-17(25-26)21(28)31-6-2/h7-12,24H,5-6H2,1-4H3,(H,23,27). The SMILES string of the molecule is CCOC(=O)c1ccn(-c2cccc(NC(=O)c3[nH]c(CC)c(C(=O)OC)c3C)c2)n1. The van der Waals surface area contributed by atoms with E-state index in [1.807, 2.05) is 6.92 Å². The van der Waals surface area contributed by atoms with Crippen molar-refractivity contribution in [3.63, 3.8) is 0 Å². The van der Waals surface area contributed by atoms with Crippen LogP contribution < -0.4 is 5.32 Å². The molecular weight excluding hydrogens is 400 g/mol. The highest BCUT2D eigenvalue weighted by atomic mass is 16.5. The molecule has 2 aromatic heterocycles. The molecule has 0 saturated heterocycles. The molecule has 2 N–H and O–H groups in total. The summed E-state index contributed by atoms with van der Waals surface area (Å²) in [6, 6.07) is 8.57. The zero-order valence-corrected chi connectivity index (χ0v) is 17.8. The number of ether oxygens (including phenoxy) is 2. The van der Waals surface area contributed by atoms with Crippen LogP contribution in [0.15, 0.2) is 36.5 Å². The summed E-state index contributed by atoms with van der Waals surface area (Å²) in [6.07, 6.45) is 2.19. The Kier molecular flexibility index (Phi) is 6.54. The Morgan fingerprint density at radius 2 is 1.94 bits per heavy atom. The molecule has 0 radical (unpaired) electrons. The number of carbonyl (C=O) groups excluding carboxylic acids is 3. The van der Waals surface area contributed by atoms with E-state index in [9.17, 15) is 14.4 Å². The molecule has 0 aliphatic heterocycles. The van der Waals surface area contributed by atoms with E-state index in [4.69, 9.17) is 9.47 Å². The van der Waals surface area contributed by atoms with Crippen LogP contribution in [0, 0.1) is 6.92 Å². The quantitative estimate of drug-likeness (QED) is 0.563. The summed E-state index contributed by atoms with van der Waals surface area (Å²) < 4.78 is 11.3. The van der Waals surface area contributed by atoms with Crippen molar-refractivity contribution in [2.45, 2.75) is 27.2 Å². The van der Waals surface area contributed by atoms with Gasteiger partial charge in [-0.3, -0.25) is 4.79 Å². The number of anilines is 1. The van der Waals surface area contributed by atoms with Gasteiger partial charge in [-0.1, -0.05) is 13.0 Å². The Hall–Kier alpha value is -3.88. The van der Waals surface area contributed by atoms with Crippen LogP contribution in [0.4, 0.5) is 5.69 Å². The molecule has 3 aromatic rings. The number of nitrogens with one attached hydrogen (secondary N) is 2. The number of hydrogen-bond acceptors (Lipinski definition) is 6. The predicted octanol–water partition coefficient (Wildman–Crippen LogP) is 3.29. The minimum Gasteiger partial charge on any atom is -0.465 e. The van der Waals surface area contributed by atoms with Gasteiger partial charge in [-0.15, -0.1) is 0 Å². The smallest absolute Gasteiger partial charge is 0.358 e. The third kappa shape index (κ3) is 4.50. The van der Waals surface area contributed by atoms with Crippen LogP contribution in [-0.2, 0) is 15.9 Å². The van der Waals surface area contributed by atoms with Crippen molar-refractivity contribution in [1.82, 2.24) is 14.8 Å². The molecule has 0 aliphatic rings. The summed E-state index contributed by atoms with van der Waals surface area (Å²) >= 11 is 0. The minimum atomic E-state index is -0.499. The summed E-state index contributed by atoms with van der Waals surface area (Å²) in [4.78, 5) is 39.8. The second-order valence-corrected chi connectivity index (χ2v) is 6.69. The molecule has 162 valence electrons. The average molecular weight is 424 g/mol. The fourth-order valence-electron chi connectivity index (χ4n) is 3.23.